The maximum Gasteiger partial charge on any atom is 0.0605 e. The van der Waals surface area contributed by atoms with Gasteiger partial charge in [0.15, 0.2) is 0 Å². The molecule has 10 heavy (non-hydrogen) atoms. The van der Waals surface area contributed by atoms with Crippen LogP contribution in [-0.2, 0) is 4.74 Å². The predicted molar refractivity (Wildman–Crippen MR) is 43.0 cm³/mol. The molecule has 0 bridgehead atoms. The molecular formula is C9H16O. The zero-order chi connectivity index (χ0) is 7.40. The minimum absolute atomic E-state index is 0.400. The van der Waals surface area contributed by atoms with Crippen molar-refractivity contribution < 1.29 is 4.74 Å². The molecular weight excluding hydrogens is 124 g/mol. The molecule has 58 valence electrons. The quantitative estimate of drug-likeness (QED) is 0.535. The number of rotatable bonds is 2. The zero-order valence-corrected chi connectivity index (χ0v) is 6.84. The second-order valence-corrected chi connectivity index (χ2v) is 2.96. The lowest BCUT2D eigenvalue weighted by atomic mass is 9.92. The van der Waals surface area contributed by atoms with Gasteiger partial charge < -0.3 is 4.74 Å². The van der Waals surface area contributed by atoms with E-state index in [1.807, 2.05) is 0 Å². The van der Waals surface area contributed by atoms with E-state index in [1.165, 1.54) is 19.3 Å². The van der Waals surface area contributed by atoms with Gasteiger partial charge in [-0.05, 0) is 26.2 Å². The predicted octanol–water partition coefficient (Wildman–Crippen LogP) is 2.38. The molecule has 1 rings (SSSR count). The van der Waals surface area contributed by atoms with E-state index in [9.17, 15) is 0 Å². The highest BCUT2D eigenvalue weighted by atomic mass is 16.5. The lowest BCUT2D eigenvalue weighted by Gasteiger charge is -2.21. The second kappa shape index (κ2) is 3.77. The molecule has 2 atom stereocenters. The summed E-state index contributed by atoms with van der Waals surface area (Å²) >= 11 is 0. The van der Waals surface area contributed by atoms with E-state index < -0.39 is 0 Å². The Morgan fingerprint density at radius 2 is 2.40 bits per heavy atom. The van der Waals surface area contributed by atoms with Crippen molar-refractivity contribution in [1.29, 1.82) is 0 Å². The van der Waals surface area contributed by atoms with Gasteiger partial charge in [0, 0.05) is 13.0 Å². The van der Waals surface area contributed by atoms with Gasteiger partial charge in [0.2, 0.25) is 0 Å². The molecule has 0 saturated heterocycles. The molecule has 0 radical (unpaired) electrons. The second-order valence-electron chi connectivity index (χ2n) is 2.96. The highest BCUT2D eigenvalue weighted by Gasteiger charge is 2.14. The standard InChI is InChI=1S/C9H16O/c1-8(10-2)9-6-4-3-5-7-9/h4,6,8-9H,3,5,7H2,1-2H3. The third-order valence-electron chi connectivity index (χ3n) is 2.27. The van der Waals surface area contributed by atoms with Crippen LogP contribution in [-0.4, -0.2) is 13.2 Å². The fourth-order valence-electron chi connectivity index (χ4n) is 1.40. The fourth-order valence-corrected chi connectivity index (χ4v) is 1.40. The lowest BCUT2D eigenvalue weighted by Crippen LogP contribution is -2.18. The van der Waals surface area contributed by atoms with Crippen LogP contribution in [0, 0.1) is 5.92 Å². The Morgan fingerprint density at radius 1 is 1.60 bits per heavy atom. The first-order valence-corrected chi connectivity index (χ1v) is 4.04. The van der Waals surface area contributed by atoms with Crippen molar-refractivity contribution >= 4 is 0 Å². The highest BCUT2D eigenvalue weighted by molar-refractivity contribution is 4.95. The topological polar surface area (TPSA) is 9.23 Å². The van der Waals surface area contributed by atoms with E-state index >= 15 is 0 Å². The summed E-state index contributed by atoms with van der Waals surface area (Å²) in [6, 6.07) is 0. The van der Waals surface area contributed by atoms with Crippen molar-refractivity contribution in [1.82, 2.24) is 0 Å². The highest BCUT2D eigenvalue weighted by Crippen LogP contribution is 2.21. The number of hydrogen-bond donors (Lipinski definition) is 0. The third kappa shape index (κ3) is 1.84. The Balaban J connectivity index is 2.38. The molecule has 0 fully saturated rings. The summed E-state index contributed by atoms with van der Waals surface area (Å²) in [7, 11) is 1.78. The molecule has 0 aromatic rings. The average molecular weight is 140 g/mol. The van der Waals surface area contributed by atoms with E-state index in [4.69, 9.17) is 4.74 Å². The smallest absolute Gasteiger partial charge is 0.0605 e. The molecule has 0 spiro atoms. The fraction of sp³-hybridized carbons (Fsp3) is 0.778. The first-order chi connectivity index (χ1) is 4.84. The number of allylic oxidation sites excluding steroid dienone is 1. The summed E-state index contributed by atoms with van der Waals surface area (Å²) in [5.74, 6) is 0.666. The van der Waals surface area contributed by atoms with Gasteiger partial charge in [-0.3, -0.25) is 0 Å². The molecule has 1 nitrogen and oxygen atoms in total. The first kappa shape index (κ1) is 7.80. The van der Waals surface area contributed by atoms with Crippen LogP contribution in [0.2, 0.25) is 0 Å². The van der Waals surface area contributed by atoms with Gasteiger partial charge in [-0.15, -0.1) is 0 Å². The lowest BCUT2D eigenvalue weighted by molar-refractivity contribution is 0.0786. The van der Waals surface area contributed by atoms with Crippen LogP contribution < -0.4 is 0 Å². The van der Waals surface area contributed by atoms with Crippen molar-refractivity contribution in [3.63, 3.8) is 0 Å². The van der Waals surface area contributed by atoms with Gasteiger partial charge in [-0.1, -0.05) is 12.2 Å². The summed E-state index contributed by atoms with van der Waals surface area (Å²) in [5.41, 5.74) is 0. The Hall–Kier alpha value is -0.300. The average Bonchev–Trinajstić information content (AvgIpc) is 2.05. The van der Waals surface area contributed by atoms with E-state index in [1.54, 1.807) is 7.11 Å². The Labute approximate surface area is 63.1 Å². The monoisotopic (exact) mass is 140 g/mol. The molecule has 1 aliphatic carbocycles. The van der Waals surface area contributed by atoms with Crippen molar-refractivity contribution in [2.24, 2.45) is 5.92 Å². The van der Waals surface area contributed by atoms with Gasteiger partial charge >= 0.3 is 0 Å². The van der Waals surface area contributed by atoms with Crippen molar-refractivity contribution in [3.05, 3.63) is 12.2 Å². The van der Waals surface area contributed by atoms with E-state index in [0.717, 1.165) is 0 Å². The van der Waals surface area contributed by atoms with Crippen LogP contribution in [0.5, 0.6) is 0 Å². The van der Waals surface area contributed by atoms with Gasteiger partial charge in [0.25, 0.3) is 0 Å². The van der Waals surface area contributed by atoms with Crippen LogP contribution in [0.15, 0.2) is 12.2 Å². The third-order valence-corrected chi connectivity index (χ3v) is 2.27. The van der Waals surface area contributed by atoms with Crippen LogP contribution in [0.3, 0.4) is 0 Å². The summed E-state index contributed by atoms with van der Waals surface area (Å²) in [6.07, 6.45) is 8.84. The molecule has 0 amide bonds. The molecule has 0 aromatic heterocycles. The van der Waals surface area contributed by atoms with Gasteiger partial charge in [0.05, 0.1) is 6.10 Å². The van der Waals surface area contributed by atoms with Crippen molar-refractivity contribution in [3.8, 4) is 0 Å². The zero-order valence-electron chi connectivity index (χ0n) is 6.84. The van der Waals surface area contributed by atoms with Crippen LogP contribution in [0.1, 0.15) is 26.2 Å². The largest absolute Gasteiger partial charge is 0.381 e. The van der Waals surface area contributed by atoms with Crippen LogP contribution >= 0.6 is 0 Å². The minimum Gasteiger partial charge on any atom is -0.381 e. The molecule has 0 saturated carbocycles. The number of ether oxygens (including phenoxy) is 1. The number of methoxy groups -OCH3 is 1. The molecule has 1 aliphatic rings. The van der Waals surface area contributed by atoms with Crippen LogP contribution in [0.25, 0.3) is 0 Å². The molecule has 0 aliphatic heterocycles. The first-order valence-electron chi connectivity index (χ1n) is 4.04. The summed E-state index contributed by atoms with van der Waals surface area (Å²) < 4.78 is 5.24. The van der Waals surface area contributed by atoms with Crippen molar-refractivity contribution in [2.75, 3.05) is 7.11 Å². The SMILES string of the molecule is COC(C)C1C=CCCC1. The van der Waals surface area contributed by atoms with E-state index in [2.05, 4.69) is 19.1 Å². The van der Waals surface area contributed by atoms with Gasteiger partial charge in [0.1, 0.15) is 0 Å². The summed E-state index contributed by atoms with van der Waals surface area (Å²) in [6.45, 7) is 2.14. The summed E-state index contributed by atoms with van der Waals surface area (Å²) in [4.78, 5) is 0. The van der Waals surface area contributed by atoms with E-state index in [0.29, 0.717) is 12.0 Å². The molecule has 0 aromatic carbocycles. The molecule has 1 heteroatoms. The Bertz CT molecular complexity index is 118. The minimum atomic E-state index is 0.400. The van der Waals surface area contributed by atoms with Crippen molar-refractivity contribution in [2.45, 2.75) is 32.3 Å². The molecule has 2 unspecified atom stereocenters. The van der Waals surface area contributed by atoms with Gasteiger partial charge in [-0.25, -0.2) is 0 Å². The van der Waals surface area contributed by atoms with E-state index in [-0.39, 0.29) is 0 Å². The Morgan fingerprint density at radius 3 is 2.90 bits per heavy atom. The number of hydrogen-bond acceptors (Lipinski definition) is 1. The summed E-state index contributed by atoms with van der Waals surface area (Å²) in [5, 5.41) is 0. The molecule has 0 N–H and O–H groups in total. The van der Waals surface area contributed by atoms with Crippen LogP contribution in [0.4, 0.5) is 0 Å². The molecule has 0 heterocycles. The maximum absolute atomic E-state index is 5.24. The normalized spacial score (nSPS) is 28.4. The van der Waals surface area contributed by atoms with Gasteiger partial charge in [-0.2, -0.15) is 0 Å². The maximum atomic E-state index is 5.24. The Kier molecular flexibility index (Phi) is 2.94.